The molecule has 1 atom stereocenters. The molecule has 0 heterocycles. The highest BCUT2D eigenvalue weighted by Crippen LogP contribution is 2.30. The van der Waals surface area contributed by atoms with Gasteiger partial charge >= 0.3 is 0 Å². The van der Waals surface area contributed by atoms with E-state index in [4.69, 9.17) is 4.74 Å². The molecule has 8 nitrogen and oxygen atoms in total. The average Bonchev–Trinajstić information content (AvgIpc) is 2.86. The molecule has 0 aliphatic heterocycles. The van der Waals surface area contributed by atoms with E-state index in [2.05, 4.69) is 5.32 Å². The summed E-state index contributed by atoms with van der Waals surface area (Å²) in [6, 6.07) is 13.8. The number of para-hydroxylation sites is 2. The van der Waals surface area contributed by atoms with Gasteiger partial charge in [0.25, 0.3) is 0 Å². The fourth-order valence-corrected chi connectivity index (χ4v) is 5.55. The Hall–Kier alpha value is -3.07. The number of hydrogen-bond donors (Lipinski definition) is 1. The molecule has 37 heavy (non-hydrogen) atoms. The summed E-state index contributed by atoms with van der Waals surface area (Å²) in [6.45, 7) is 5.55. The van der Waals surface area contributed by atoms with Crippen molar-refractivity contribution in [3.05, 3.63) is 59.7 Å². The number of ether oxygens (including phenoxy) is 1. The van der Waals surface area contributed by atoms with Crippen LogP contribution in [0.15, 0.2) is 48.5 Å². The molecule has 9 heteroatoms. The number of benzene rings is 2. The molecule has 2 amide bonds. The second-order valence-electron chi connectivity index (χ2n) is 9.70. The third-order valence-electron chi connectivity index (χ3n) is 6.67. The van der Waals surface area contributed by atoms with Gasteiger partial charge in [-0.1, -0.05) is 61.2 Å². The first kappa shape index (κ1) is 28.5. The van der Waals surface area contributed by atoms with Crippen LogP contribution in [0.4, 0.5) is 5.69 Å². The van der Waals surface area contributed by atoms with Crippen molar-refractivity contribution in [2.45, 2.75) is 71.5 Å². The Morgan fingerprint density at radius 2 is 1.78 bits per heavy atom. The Kier molecular flexibility index (Phi) is 9.97. The first-order valence-corrected chi connectivity index (χ1v) is 14.8. The Balaban J connectivity index is 1.90. The van der Waals surface area contributed by atoms with Crippen LogP contribution in [0.1, 0.15) is 57.1 Å². The Morgan fingerprint density at radius 1 is 1.08 bits per heavy atom. The lowest BCUT2D eigenvalue weighted by atomic mass is 9.95. The van der Waals surface area contributed by atoms with E-state index in [0.717, 1.165) is 47.4 Å². The molecule has 2 aromatic carbocycles. The number of amides is 2. The van der Waals surface area contributed by atoms with Crippen LogP contribution in [0.3, 0.4) is 0 Å². The summed E-state index contributed by atoms with van der Waals surface area (Å²) in [7, 11) is -3.83. The fourth-order valence-electron chi connectivity index (χ4n) is 4.69. The van der Waals surface area contributed by atoms with Gasteiger partial charge in [-0.25, -0.2) is 8.42 Å². The quantitative estimate of drug-likeness (QED) is 0.474. The van der Waals surface area contributed by atoms with Crippen molar-refractivity contribution in [3.63, 3.8) is 0 Å². The summed E-state index contributed by atoms with van der Waals surface area (Å²) in [4.78, 5) is 28.5. The van der Waals surface area contributed by atoms with E-state index in [-0.39, 0.29) is 24.2 Å². The predicted octanol–water partition coefficient (Wildman–Crippen LogP) is 4.03. The molecule has 3 rings (SSSR count). The van der Waals surface area contributed by atoms with Gasteiger partial charge in [0.05, 0.1) is 18.6 Å². The third kappa shape index (κ3) is 7.95. The van der Waals surface area contributed by atoms with Crippen LogP contribution in [0.25, 0.3) is 0 Å². The highest BCUT2D eigenvalue weighted by molar-refractivity contribution is 7.92. The first-order chi connectivity index (χ1) is 17.6. The standard InChI is InChI=1S/C28H39N3O5S/c1-5-36-26-17-10-9-16-25(26)31(37(4,34)35)20-27(32)30(19-23-13-11-12-21(2)18-23)22(3)28(33)29-24-14-7-6-8-15-24/h9-13,16-18,22,24H,5-8,14-15,19-20H2,1-4H3,(H,29,33)/t22-/m1/s1. The van der Waals surface area contributed by atoms with E-state index in [1.165, 1.54) is 11.3 Å². The van der Waals surface area contributed by atoms with Gasteiger partial charge in [-0.05, 0) is 51.3 Å². The summed E-state index contributed by atoms with van der Waals surface area (Å²) < 4.78 is 32.4. The van der Waals surface area contributed by atoms with Gasteiger partial charge in [-0.15, -0.1) is 0 Å². The molecule has 1 aliphatic rings. The summed E-state index contributed by atoms with van der Waals surface area (Å²) >= 11 is 0. The van der Waals surface area contributed by atoms with Gasteiger partial charge in [0.1, 0.15) is 18.3 Å². The number of sulfonamides is 1. The van der Waals surface area contributed by atoms with Crippen molar-refractivity contribution in [1.82, 2.24) is 10.2 Å². The maximum absolute atomic E-state index is 13.8. The fraction of sp³-hybridized carbons (Fsp3) is 0.500. The van der Waals surface area contributed by atoms with E-state index in [0.29, 0.717) is 12.4 Å². The van der Waals surface area contributed by atoms with E-state index in [1.807, 2.05) is 38.1 Å². The molecular formula is C28H39N3O5S. The molecule has 2 aromatic rings. The molecule has 1 fully saturated rings. The zero-order chi connectivity index (χ0) is 27.0. The summed E-state index contributed by atoms with van der Waals surface area (Å²) in [6.07, 6.45) is 6.25. The monoisotopic (exact) mass is 529 g/mol. The number of hydrogen-bond acceptors (Lipinski definition) is 5. The smallest absolute Gasteiger partial charge is 0.244 e. The lowest BCUT2D eigenvalue weighted by molar-refractivity contribution is -0.139. The zero-order valence-electron chi connectivity index (χ0n) is 22.3. The second kappa shape index (κ2) is 12.9. The highest BCUT2D eigenvalue weighted by atomic mass is 32.2. The maximum Gasteiger partial charge on any atom is 0.244 e. The Morgan fingerprint density at radius 3 is 2.43 bits per heavy atom. The molecule has 0 radical (unpaired) electrons. The Labute approximate surface area is 221 Å². The predicted molar refractivity (Wildman–Crippen MR) is 146 cm³/mol. The molecular weight excluding hydrogens is 490 g/mol. The molecule has 1 N–H and O–H groups in total. The molecule has 0 saturated heterocycles. The number of nitrogens with one attached hydrogen (secondary N) is 1. The molecule has 0 spiro atoms. The number of carbonyl (C=O) groups is 2. The van der Waals surface area contributed by atoms with Gasteiger partial charge in [0.2, 0.25) is 21.8 Å². The second-order valence-corrected chi connectivity index (χ2v) is 11.6. The minimum Gasteiger partial charge on any atom is -0.492 e. The van der Waals surface area contributed by atoms with Gasteiger partial charge in [-0.3, -0.25) is 13.9 Å². The lowest BCUT2D eigenvalue weighted by Gasteiger charge is -2.33. The van der Waals surface area contributed by atoms with Crippen molar-refractivity contribution in [3.8, 4) is 5.75 Å². The molecule has 0 aromatic heterocycles. The van der Waals surface area contributed by atoms with Crippen LogP contribution in [0, 0.1) is 6.92 Å². The van der Waals surface area contributed by atoms with Crippen LogP contribution >= 0.6 is 0 Å². The minimum atomic E-state index is -3.83. The molecule has 0 bridgehead atoms. The molecule has 1 saturated carbocycles. The highest BCUT2D eigenvalue weighted by Gasteiger charge is 2.32. The molecule has 1 aliphatic carbocycles. The normalized spacial score (nSPS) is 15.0. The summed E-state index contributed by atoms with van der Waals surface area (Å²) in [5.74, 6) is -0.324. The number of anilines is 1. The SMILES string of the molecule is CCOc1ccccc1N(CC(=O)N(Cc1cccc(C)c1)[C@H](C)C(=O)NC1CCCCC1)S(C)(=O)=O. The van der Waals surface area contributed by atoms with E-state index < -0.39 is 28.5 Å². The molecule has 0 unspecified atom stereocenters. The van der Waals surface area contributed by atoms with E-state index >= 15 is 0 Å². The van der Waals surface area contributed by atoms with Crippen molar-refractivity contribution in [1.29, 1.82) is 0 Å². The van der Waals surface area contributed by atoms with Gasteiger partial charge < -0.3 is 15.0 Å². The average molecular weight is 530 g/mol. The van der Waals surface area contributed by atoms with Crippen LogP contribution < -0.4 is 14.4 Å². The number of rotatable bonds is 11. The maximum atomic E-state index is 13.8. The largest absolute Gasteiger partial charge is 0.492 e. The zero-order valence-corrected chi connectivity index (χ0v) is 23.1. The van der Waals surface area contributed by atoms with E-state index in [1.54, 1.807) is 31.2 Å². The van der Waals surface area contributed by atoms with Gasteiger partial charge in [-0.2, -0.15) is 0 Å². The Bertz CT molecular complexity index is 1180. The minimum absolute atomic E-state index is 0.102. The number of aryl methyl sites for hydroxylation is 1. The van der Waals surface area contributed by atoms with Crippen LogP contribution in [0.2, 0.25) is 0 Å². The topological polar surface area (TPSA) is 96.0 Å². The van der Waals surface area contributed by atoms with Crippen LogP contribution in [-0.4, -0.2) is 56.6 Å². The van der Waals surface area contributed by atoms with Crippen LogP contribution in [0.5, 0.6) is 5.75 Å². The van der Waals surface area contributed by atoms with Crippen molar-refractivity contribution in [2.24, 2.45) is 0 Å². The van der Waals surface area contributed by atoms with E-state index in [9.17, 15) is 18.0 Å². The molecule has 202 valence electrons. The third-order valence-corrected chi connectivity index (χ3v) is 7.79. The number of carbonyl (C=O) groups excluding carboxylic acids is 2. The van der Waals surface area contributed by atoms with Gasteiger partial charge in [0.15, 0.2) is 0 Å². The van der Waals surface area contributed by atoms with Crippen LogP contribution in [-0.2, 0) is 26.2 Å². The summed E-state index contributed by atoms with van der Waals surface area (Å²) in [5.41, 5.74) is 2.19. The van der Waals surface area contributed by atoms with Crippen molar-refractivity contribution < 1.29 is 22.7 Å². The van der Waals surface area contributed by atoms with Crippen molar-refractivity contribution in [2.75, 3.05) is 23.7 Å². The van der Waals surface area contributed by atoms with Crippen molar-refractivity contribution >= 4 is 27.5 Å². The number of nitrogens with zero attached hydrogens (tertiary/aromatic N) is 2. The van der Waals surface area contributed by atoms with Gasteiger partial charge in [0, 0.05) is 12.6 Å². The lowest BCUT2D eigenvalue weighted by Crippen LogP contribution is -2.53. The summed E-state index contributed by atoms with van der Waals surface area (Å²) in [5, 5.41) is 3.11. The first-order valence-electron chi connectivity index (χ1n) is 12.9.